The van der Waals surface area contributed by atoms with Crippen LogP contribution in [0.5, 0.6) is 0 Å². The lowest BCUT2D eigenvalue weighted by molar-refractivity contribution is 0.00688. The van der Waals surface area contributed by atoms with Gasteiger partial charge in [0.2, 0.25) is 0 Å². The van der Waals surface area contributed by atoms with Gasteiger partial charge in [-0.1, -0.05) is 6.07 Å². The topological polar surface area (TPSA) is 52.3 Å². The normalized spacial score (nSPS) is 11.3. The summed E-state index contributed by atoms with van der Waals surface area (Å²) in [5.41, 5.74) is 8.32. The summed E-state index contributed by atoms with van der Waals surface area (Å²) in [4.78, 5) is 11.9. The zero-order valence-corrected chi connectivity index (χ0v) is 10.5. The molecule has 0 aliphatic carbocycles. The lowest BCUT2D eigenvalue weighted by Gasteiger charge is -2.20. The number of nitrogen functional groups attached to an aromatic ring is 1. The van der Waals surface area contributed by atoms with Crippen molar-refractivity contribution in [3.05, 3.63) is 28.8 Å². The van der Waals surface area contributed by atoms with Crippen molar-refractivity contribution >= 4 is 11.7 Å². The molecule has 0 spiro atoms. The van der Waals surface area contributed by atoms with Crippen molar-refractivity contribution in [1.29, 1.82) is 0 Å². The third-order valence-corrected chi connectivity index (χ3v) is 2.23. The van der Waals surface area contributed by atoms with Crippen LogP contribution in [-0.4, -0.2) is 11.6 Å². The number of esters is 1. The molecule has 0 heterocycles. The maximum atomic E-state index is 11.9. The summed E-state index contributed by atoms with van der Waals surface area (Å²) in [6.07, 6.45) is 0. The first-order chi connectivity index (χ1) is 7.20. The molecular weight excluding hydrogens is 202 g/mol. The van der Waals surface area contributed by atoms with Crippen LogP contribution in [0, 0.1) is 13.8 Å². The quantitative estimate of drug-likeness (QED) is 0.586. The van der Waals surface area contributed by atoms with Gasteiger partial charge in [0.05, 0.1) is 5.56 Å². The van der Waals surface area contributed by atoms with Crippen LogP contribution in [-0.2, 0) is 4.74 Å². The Labute approximate surface area is 96.6 Å². The highest BCUT2D eigenvalue weighted by atomic mass is 16.6. The molecule has 88 valence electrons. The maximum Gasteiger partial charge on any atom is 0.338 e. The van der Waals surface area contributed by atoms with Gasteiger partial charge in [0.15, 0.2) is 0 Å². The Kier molecular flexibility index (Phi) is 3.27. The molecule has 0 saturated carbocycles. The van der Waals surface area contributed by atoms with E-state index in [0.29, 0.717) is 11.3 Å². The number of carbonyl (C=O) groups is 1. The second-order valence-electron chi connectivity index (χ2n) is 5.03. The fourth-order valence-corrected chi connectivity index (χ4v) is 1.42. The Bertz CT molecular complexity index is 417. The highest BCUT2D eigenvalue weighted by Crippen LogP contribution is 2.20. The molecule has 0 atom stereocenters. The van der Waals surface area contributed by atoms with E-state index in [-0.39, 0.29) is 5.97 Å². The monoisotopic (exact) mass is 221 g/mol. The first-order valence-electron chi connectivity index (χ1n) is 5.31. The number of benzene rings is 1. The van der Waals surface area contributed by atoms with Crippen LogP contribution in [0.15, 0.2) is 12.1 Å². The maximum absolute atomic E-state index is 11.9. The Balaban J connectivity index is 3.05. The van der Waals surface area contributed by atoms with Crippen LogP contribution in [0.3, 0.4) is 0 Å². The van der Waals surface area contributed by atoms with E-state index in [2.05, 4.69) is 0 Å². The molecule has 0 fully saturated rings. The number of rotatable bonds is 1. The summed E-state index contributed by atoms with van der Waals surface area (Å²) in [5, 5.41) is 0. The fraction of sp³-hybridized carbons (Fsp3) is 0.462. The Morgan fingerprint density at radius 3 is 2.25 bits per heavy atom. The molecule has 0 radical (unpaired) electrons. The first kappa shape index (κ1) is 12.6. The lowest BCUT2D eigenvalue weighted by atomic mass is 10.0. The fourth-order valence-electron chi connectivity index (χ4n) is 1.42. The van der Waals surface area contributed by atoms with Gasteiger partial charge in [0.1, 0.15) is 5.60 Å². The summed E-state index contributed by atoms with van der Waals surface area (Å²) < 4.78 is 5.30. The van der Waals surface area contributed by atoms with E-state index < -0.39 is 5.60 Å². The van der Waals surface area contributed by atoms with Crippen molar-refractivity contribution in [3.63, 3.8) is 0 Å². The average Bonchev–Trinajstić information content (AvgIpc) is 2.08. The highest BCUT2D eigenvalue weighted by molar-refractivity contribution is 5.92. The summed E-state index contributed by atoms with van der Waals surface area (Å²) in [5.74, 6) is -0.322. The summed E-state index contributed by atoms with van der Waals surface area (Å²) in [6.45, 7) is 9.33. The van der Waals surface area contributed by atoms with E-state index in [4.69, 9.17) is 10.5 Å². The Morgan fingerprint density at radius 2 is 1.75 bits per heavy atom. The van der Waals surface area contributed by atoms with Crippen molar-refractivity contribution in [1.82, 2.24) is 0 Å². The molecule has 3 heteroatoms. The minimum absolute atomic E-state index is 0.322. The standard InChI is InChI=1S/C13H19NO2/c1-8-6-9(2)11(14)7-10(8)12(15)16-13(3,4)5/h6-7H,14H2,1-5H3. The van der Waals surface area contributed by atoms with Crippen molar-refractivity contribution in [2.24, 2.45) is 0 Å². The zero-order chi connectivity index (χ0) is 12.5. The van der Waals surface area contributed by atoms with Crippen molar-refractivity contribution < 1.29 is 9.53 Å². The van der Waals surface area contributed by atoms with Crippen LogP contribution in [0.2, 0.25) is 0 Å². The highest BCUT2D eigenvalue weighted by Gasteiger charge is 2.19. The van der Waals surface area contributed by atoms with Crippen molar-refractivity contribution in [2.75, 3.05) is 5.73 Å². The van der Waals surface area contributed by atoms with E-state index in [1.807, 2.05) is 40.7 Å². The molecule has 1 aromatic carbocycles. The Morgan fingerprint density at radius 1 is 1.19 bits per heavy atom. The van der Waals surface area contributed by atoms with Crippen LogP contribution in [0.1, 0.15) is 42.3 Å². The number of carbonyl (C=O) groups excluding carboxylic acids is 1. The van der Waals surface area contributed by atoms with Gasteiger partial charge in [0.25, 0.3) is 0 Å². The van der Waals surface area contributed by atoms with Gasteiger partial charge in [-0.05, 0) is 51.8 Å². The van der Waals surface area contributed by atoms with Crippen LogP contribution in [0.25, 0.3) is 0 Å². The third-order valence-electron chi connectivity index (χ3n) is 2.23. The van der Waals surface area contributed by atoms with Crippen molar-refractivity contribution in [3.8, 4) is 0 Å². The summed E-state index contributed by atoms with van der Waals surface area (Å²) in [6, 6.07) is 3.58. The van der Waals surface area contributed by atoms with E-state index in [1.165, 1.54) is 0 Å². The van der Waals surface area contributed by atoms with Gasteiger partial charge in [-0.2, -0.15) is 0 Å². The first-order valence-corrected chi connectivity index (χ1v) is 5.31. The van der Waals surface area contributed by atoms with Gasteiger partial charge in [0, 0.05) is 5.69 Å². The van der Waals surface area contributed by atoms with Gasteiger partial charge in [-0.3, -0.25) is 0 Å². The molecule has 1 aromatic rings. The molecule has 0 amide bonds. The number of nitrogens with two attached hydrogens (primary N) is 1. The molecule has 2 N–H and O–H groups in total. The number of ether oxygens (including phenoxy) is 1. The molecule has 16 heavy (non-hydrogen) atoms. The van der Waals surface area contributed by atoms with E-state index >= 15 is 0 Å². The molecule has 3 nitrogen and oxygen atoms in total. The number of hydrogen-bond acceptors (Lipinski definition) is 3. The van der Waals surface area contributed by atoms with E-state index in [0.717, 1.165) is 11.1 Å². The minimum atomic E-state index is -0.483. The molecular formula is C13H19NO2. The summed E-state index contributed by atoms with van der Waals surface area (Å²) in [7, 11) is 0. The van der Waals surface area contributed by atoms with Gasteiger partial charge >= 0.3 is 5.97 Å². The minimum Gasteiger partial charge on any atom is -0.456 e. The Hall–Kier alpha value is -1.51. The molecule has 0 aliphatic rings. The van der Waals surface area contributed by atoms with Gasteiger partial charge in [-0.15, -0.1) is 0 Å². The van der Waals surface area contributed by atoms with Crippen LogP contribution < -0.4 is 5.73 Å². The molecule has 0 saturated heterocycles. The average molecular weight is 221 g/mol. The van der Waals surface area contributed by atoms with Crippen molar-refractivity contribution in [2.45, 2.75) is 40.2 Å². The van der Waals surface area contributed by atoms with Gasteiger partial charge < -0.3 is 10.5 Å². The number of hydrogen-bond donors (Lipinski definition) is 1. The van der Waals surface area contributed by atoms with E-state index in [1.54, 1.807) is 6.07 Å². The molecule has 0 aromatic heterocycles. The molecule has 0 unspecified atom stereocenters. The lowest BCUT2D eigenvalue weighted by Crippen LogP contribution is -2.24. The van der Waals surface area contributed by atoms with E-state index in [9.17, 15) is 4.79 Å². The molecule has 1 rings (SSSR count). The largest absolute Gasteiger partial charge is 0.456 e. The second-order valence-corrected chi connectivity index (χ2v) is 5.03. The van der Waals surface area contributed by atoms with Crippen LogP contribution in [0.4, 0.5) is 5.69 Å². The predicted molar refractivity (Wildman–Crippen MR) is 65.5 cm³/mol. The third kappa shape index (κ3) is 2.99. The molecule has 0 aliphatic heterocycles. The molecule has 0 bridgehead atoms. The summed E-state index contributed by atoms with van der Waals surface area (Å²) >= 11 is 0. The second kappa shape index (κ2) is 4.16. The zero-order valence-electron chi connectivity index (χ0n) is 10.5. The SMILES string of the molecule is Cc1cc(C)c(C(=O)OC(C)(C)C)cc1N. The van der Waals surface area contributed by atoms with Gasteiger partial charge in [-0.25, -0.2) is 4.79 Å². The smallest absolute Gasteiger partial charge is 0.338 e. The predicted octanol–water partition coefficient (Wildman–Crippen LogP) is 2.84. The number of aryl methyl sites for hydroxylation is 2. The van der Waals surface area contributed by atoms with Crippen LogP contribution >= 0.6 is 0 Å². The number of anilines is 1.